The summed E-state index contributed by atoms with van der Waals surface area (Å²) in [5, 5.41) is 6.59. The highest BCUT2D eigenvalue weighted by Gasteiger charge is 2.36. The molecule has 1 aromatic carbocycles. The predicted molar refractivity (Wildman–Crippen MR) is 127 cm³/mol. The van der Waals surface area contributed by atoms with Gasteiger partial charge >= 0.3 is 5.97 Å². The Kier molecular flexibility index (Phi) is 9.35. The molecular weight excluding hydrogens is 388 g/mol. The fourth-order valence-electron chi connectivity index (χ4n) is 4.41. The number of unbranched alkanes of at least 4 members (excludes halogenated alkanes) is 1. The van der Waals surface area contributed by atoms with Crippen molar-refractivity contribution in [3.63, 3.8) is 0 Å². The molecule has 0 saturated carbocycles. The zero-order valence-corrected chi connectivity index (χ0v) is 20.0. The minimum absolute atomic E-state index is 0.124. The van der Waals surface area contributed by atoms with Gasteiger partial charge in [0.1, 0.15) is 0 Å². The Morgan fingerprint density at radius 3 is 2.19 bits per heavy atom. The first-order valence-corrected chi connectivity index (χ1v) is 11.6. The molecule has 0 radical (unpaired) electrons. The number of para-hydroxylation sites is 1. The van der Waals surface area contributed by atoms with E-state index in [9.17, 15) is 9.59 Å². The second-order valence-corrected chi connectivity index (χ2v) is 8.10. The molecule has 1 amide bonds. The van der Waals surface area contributed by atoms with E-state index in [1.54, 1.807) is 0 Å². The van der Waals surface area contributed by atoms with Crippen LogP contribution in [0.4, 0.5) is 5.69 Å². The Labute approximate surface area is 187 Å². The summed E-state index contributed by atoms with van der Waals surface area (Å²) in [4.78, 5) is 26.4. The standard InChI is InChI=1S/C26H38N2O3/c1-7-11-16-20-22(26(30)31-6)17(5)27-21(13-8-2)23(20)25(29)28-24-18(9-3)14-12-15-19(24)10-4/h12,14-15,20,27H,7-11,13,16H2,1-6H3,(H,28,29)/t20-/m0/s1. The number of aryl methyl sites for hydroxylation is 2. The maximum Gasteiger partial charge on any atom is 0.336 e. The number of benzene rings is 1. The lowest BCUT2D eigenvalue weighted by Crippen LogP contribution is -2.35. The molecule has 2 rings (SSSR count). The largest absolute Gasteiger partial charge is 0.466 e. The molecular formula is C26H38N2O3. The number of hydrogen-bond acceptors (Lipinski definition) is 4. The van der Waals surface area contributed by atoms with Crippen molar-refractivity contribution >= 4 is 17.6 Å². The Balaban J connectivity index is 2.55. The molecule has 170 valence electrons. The zero-order valence-electron chi connectivity index (χ0n) is 20.0. The molecule has 1 aliphatic rings. The minimum Gasteiger partial charge on any atom is -0.466 e. The lowest BCUT2D eigenvalue weighted by atomic mass is 9.80. The molecule has 0 aromatic heterocycles. The second-order valence-electron chi connectivity index (χ2n) is 8.10. The summed E-state index contributed by atoms with van der Waals surface area (Å²) in [7, 11) is 1.40. The number of ether oxygens (including phenoxy) is 1. The summed E-state index contributed by atoms with van der Waals surface area (Å²) < 4.78 is 5.09. The van der Waals surface area contributed by atoms with Crippen molar-refractivity contribution < 1.29 is 14.3 Å². The van der Waals surface area contributed by atoms with Crippen molar-refractivity contribution in [3.05, 3.63) is 51.9 Å². The topological polar surface area (TPSA) is 67.4 Å². The van der Waals surface area contributed by atoms with Crippen LogP contribution < -0.4 is 10.6 Å². The number of rotatable bonds is 10. The van der Waals surface area contributed by atoms with Gasteiger partial charge in [0, 0.05) is 28.6 Å². The molecule has 1 heterocycles. The second kappa shape index (κ2) is 11.7. The van der Waals surface area contributed by atoms with Crippen LogP contribution in [0, 0.1) is 5.92 Å². The molecule has 0 aliphatic carbocycles. The van der Waals surface area contributed by atoms with Gasteiger partial charge in [-0.25, -0.2) is 4.79 Å². The molecule has 0 saturated heterocycles. The number of nitrogens with one attached hydrogen (secondary N) is 2. The van der Waals surface area contributed by atoms with Gasteiger partial charge in [-0.05, 0) is 43.7 Å². The normalized spacial score (nSPS) is 16.3. The van der Waals surface area contributed by atoms with Crippen LogP contribution in [0.3, 0.4) is 0 Å². The van der Waals surface area contributed by atoms with Crippen molar-refractivity contribution in [2.75, 3.05) is 12.4 Å². The average molecular weight is 427 g/mol. The number of carbonyl (C=O) groups is 2. The molecule has 0 unspecified atom stereocenters. The van der Waals surface area contributed by atoms with E-state index in [0.29, 0.717) is 11.1 Å². The van der Waals surface area contributed by atoms with E-state index in [0.717, 1.165) is 73.2 Å². The number of carbonyl (C=O) groups excluding carboxylic acids is 2. The highest BCUT2D eigenvalue weighted by atomic mass is 16.5. The number of dihydropyridines is 1. The van der Waals surface area contributed by atoms with Gasteiger partial charge in [-0.15, -0.1) is 0 Å². The van der Waals surface area contributed by atoms with E-state index in [1.807, 2.05) is 13.0 Å². The van der Waals surface area contributed by atoms with E-state index in [-0.39, 0.29) is 17.8 Å². The van der Waals surface area contributed by atoms with Gasteiger partial charge in [0.15, 0.2) is 0 Å². The summed E-state index contributed by atoms with van der Waals surface area (Å²) in [5.41, 5.74) is 6.10. The van der Waals surface area contributed by atoms with Crippen molar-refractivity contribution in [2.45, 2.75) is 79.6 Å². The predicted octanol–water partition coefficient (Wildman–Crippen LogP) is 5.66. The highest BCUT2D eigenvalue weighted by molar-refractivity contribution is 6.07. The van der Waals surface area contributed by atoms with Crippen LogP contribution in [0.5, 0.6) is 0 Å². The fourth-order valence-corrected chi connectivity index (χ4v) is 4.41. The van der Waals surface area contributed by atoms with Gasteiger partial charge in [0.25, 0.3) is 5.91 Å². The van der Waals surface area contributed by atoms with Crippen molar-refractivity contribution in [1.82, 2.24) is 5.32 Å². The SMILES string of the molecule is CCCC[C@H]1C(C(=O)OC)=C(C)NC(CCC)=C1C(=O)Nc1c(CC)cccc1CC. The molecule has 31 heavy (non-hydrogen) atoms. The van der Waals surface area contributed by atoms with Crippen LogP contribution in [0.25, 0.3) is 0 Å². The van der Waals surface area contributed by atoms with Crippen LogP contribution in [-0.2, 0) is 27.2 Å². The van der Waals surface area contributed by atoms with E-state index < -0.39 is 0 Å². The third-order valence-corrected chi connectivity index (χ3v) is 6.00. The van der Waals surface area contributed by atoms with Crippen molar-refractivity contribution in [3.8, 4) is 0 Å². The van der Waals surface area contributed by atoms with Gasteiger partial charge in [0.2, 0.25) is 0 Å². The summed E-state index contributed by atoms with van der Waals surface area (Å²) >= 11 is 0. The quantitative estimate of drug-likeness (QED) is 0.474. The molecule has 1 aromatic rings. The first-order chi connectivity index (χ1) is 14.9. The third-order valence-electron chi connectivity index (χ3n) is 6.00. The molecule has 5 heteroatoms. The van der Waals surface area contributed by atoms with Gasteiger partial charge in [-0.1, -0.05) is 65.2 Å². The number of amides is 1. The van der Waals surface area contributed by atoms with Crippen molar-refractivity contribution in [2.24, 2.45) is 5.92 Å². The first-order valence-electron chi connectivity index (χ1n) is 11.6. The summed E-state index contributed by atoms with van der Waals surface area (Å²) in [5.74, 6) is -0.759. The van der Waals surface area contributed by atoms with Crippen LogP contribution in [-0.4, -0.2) is 19.0 Å². The summed E-state index contributed by atoms with van der Waals surface area (Å²) in [6.45, 7) is 10.3. The minimum atomic E-state index is -0.366. The highest BCUT2D eigenvalue weighted by Crippen LogP contribution is 2.36. The monoisotopic (exact) mass is 426 g/mol. The number of anilines is 1. The van der Waals surface area contributed by atoms with Gasteiger partial charge in [-0.2, -0.15) is 0 Å². The van der Waals surface area contributed by atoms with Gasteiger partial charge in [0.05, 0.1) is 12.7 Å². The molecule has 5 nitrogen and oxygen atoms in total. The van der Waals surface area contributed by atoms with Crippen LogP contribution in [0.15, 0.2) is 40.7 Å². The van der Waals surface area contributed by atoms with Crippen molar-refractivity contribution in [1.29, 1.82) is 0 Å². The molecule has 1 atom stereocenters. The van der Waals surface area contributed by atoms with Gasteiger partial charge < -0.3 is 15.4 Å². The average Bonchev–Trinajstić information content (AvgIpc) is 2.77. The van der Waals surface area contributed by atoms with E-state index >= 15 is 0 Å². The Bertz CT molecular complexity index is 845. The summed E-state index contributed by atoms with van der Waals surface area (Å²) in [6.07, 6.45) is 6.02. The lowest BCUT2D eigenvalue weighted by molar-refractivity contribution is -0.136. The lowest BCUT2D eigenvalue weighted by Gasteiger charge is -2.32. The molecule has 1 aliphatic heterocycles. The van der Waals surface area contributed by atoms with E-state index in [2.05, 4.69) is 50.5 Å². The Hall–Kier alpha value is -2.56. The summed E-state index contributed by atoms with van der Waals surface area (Å²) in [6, 6.07) is 6.17. The fraction of sp³-hybridized carbons (Fsp3) is 0.538. The van der Waals surface area contributed by atoms with Crippen LogP contribution in [0.1, 0.15) is 77.8 Å². The van der Waals surface area contributed by atoms with E-state index in [4.69, 9.17) is 4.74 Å². The molecule has 2 N–H and O–H groups in total. The maximum atomic E-state index is 13.7. The Morgan fingerprint density at radius 2 is 1.68 bits per heavy atom. The van der Waals surface area contributed by atoms with Crippen LogP contribution >= 0.6 is 0 Å². The molecule has 0 bridgehead atoms. The first kappa shape index (κ1) is 24.7. The smallest absolute Gasteiger partial charge is 0.336 e. The number of hydrogen-bond donors (Lipinski definition) is 2. The van der Waals surface area contributed by atoms with Gasteiger partial charge in [-0.3, -0.25) is 4.79 Å². The third kappa shape index (κ3) is 5.57. The number of allylic oxidation sites excluding steroid dienone is 2. The zero-order chi connectivity index (χ0) is 23.0. The number of methoxy groups -OCH3 is 1. The number of esters is 1. The maximum absolute atomic E-state index is 13.7. The molecule has 0 spiro atoms. The molecule has 0 fully saturated rings. The Morgan fingerprint density at radius 1 is 1.03 bits per heavy atom. The van der Waals surface area contributed by atoms with E-state index in [1.165, 1.54) is 7.11 Å². The van der Waals surface area contributed by atoms with Crippen LogP contribution in [0.2, 0.25) is 0 Å².